The summed E-state index contributed by atoms with van der Waals surface area (Å²) in [6.07, 6.45) is 1.51. The first kappa shape index (κ1) is 23.8. The molecule has 0 aliphatic carbocycles. The van der Waals surface area contributed by atoms with Gasteiger partial charge in [-0.05, 0) is 56.0 Å². The lowest BCUT2D eigenvalue weighted by Crippen LogP contribution is -2.46. The molecule has 1 aliphatic rings. The van der Waals surface area contributed by atoms with Gasteiger partial charge in [0.25, 0.3) is 15.9 Å². The molecule has 0 unspecified atom stereocenters. The van der Waals surface area contributed by atoms with Gasteiger partial charge in [-0.1, -0.05) is 37.6 Å². The highest BCUT2D eigenvalue weighted by atomic mass is 32.2. The van der Waals surface area contributed by atoms with Crippen LogP contribution in [0.1, 0.15) is 42.6 Å². The topological polar surface area (TPSA) is 95.6 Å². The molecule has 1 saturated heterocycles. The number of nitrogens with one attached hydrogen (secondary N) is 2. The Bertz CT molecular complexity index is 1060. The standard InChI is InChI=1S/C24H31N3O4S/c1-17(2)15-25-23(28)20-7-5-13-27(16-20)24(29)19-6-4-8-21(14-19)26-32(30,31)22-11-9-18(3)10-12-22/h4,6,8-12,14,17,20,26H,5,7,13,15-16H2,1-3H3,(H,25,28)/t20-/m0/s1. The van der Waals surface area contributed by atoms with Gasteiger partial charge in [0.2, 0.25) is 5.91 Å². The predicted octanol–water partition coefficient (Wildman–Crippen LogP) is 3.42. The van der Waals surface area contributed by atoms with Gasteiger partial charge in [0, 0.05) is 30.9 Å². The molecule has 2 aromatic rings. The van der Waals surface area contributed by atoms with Gasteiger partial charge in [0.05, 0.1) is 10.8 Å². The quantitative estimate of drug-likeness (QED) is 0.666. The lowest BCUT2D eigenvalue weighted by molar-refractivity contribution is -0.126. The Labute approximate surface area is 190 Å². The summed E-state index contributed by atoms with van der Waals surface area (Å²) in [6.45, 7) is 7.52. The number of piperidine rings is 1. The number of carbonyl (C=O) groups is 2. The summed E-state index contributed by atoms with van der Waals surface area (Å²) in [5, 5.41) is 2.95. The second-order valence-corrected chi connectivity index (χ2v) is 10.4. The van der Waals surface area contributed by atoms with E-state index in [1.54, 1.807) is 47.4 Å². The summed E-state index contributed by atoms with van der Waals surface area (Å²) >= 11 is 0. The zero-order valence-corrected chi connectivity index (χ0v) is 19.6. The molecular weight excluding hydrogens is 426 g/mol. The van der Waals surface area contributed by atoms with Crippen molar-refractivity contribution >= 4 is 27.5 Å². The SMILES string of the molecule is Cc1ccc(S(=O)(=O)Nc2cccc(C(=O)N3CCC[C@H](C(=O)NCC(C)C)C3)c2)cc1. The van der Waals surface area contributed by atoms with Gasteiger partial charge in [-0.25, -0.2) is 8.42 Å². The van der Waals surface area contributed by atoms with Crippen molar-refractivity contribution in [3.05, 3.63) is 59.7 Å². The molecule has 1 fully saturated rings. The van der Waals surface area contributed by atoms with Crippen LogP contribution in [-0.4, -0.2) is 44.8 Å². The molecule has 0 bridgehead atoms. The molecule has 0 aromatic heterocycles. The van der Waals surface area contributed by atoms with E-state index < -0.39 is 10.0 Å². The summed E-state index contributed by atoms with van der Waals surface area (Å²) in [4.78, 5) is 27.4. The van der Waals surface area contributed by atoms with Crippen molar-refractivity contribution < 1.29 is 18.0 Å². The van der Waals surface area contributed by atoms with E-state index in [2.05, 4.69) is 10.0 Å². The molecule has 172 valence electrons. The zero-order valence-electron chi connectivity index (χ0n) is 18.8. The van der Waals surface area contributed by atoms with Gasteiger partial charge in [-0.3, -0.25) is 14.3 Å². The van der Waals surface area contributed by atoms with Crippen molar-refractivity contribution in [3.63, 3.8) is 0 Å². The molecule has 8 heteroatoms. The summed E-state index contributed by atoms with van der Waals surface area (Å²) < 4.78 is 27.9. The zero-order chi connectivity index (χ0) is 23.3. The molecule has 1 heterocycles. The molecule has 3 rings (SSSR count). The number of hydrogen-bond acceptors (Lipinski definition) is 4. The van der Waals surface area contributed by atoms with Gasteiger partial charge in [0.15, 0.2) is 0 Å². The minimum Gasteiger partial charge on any atom is -0.356 e. The largest absolute Gasteiger partial charge is 0.356 e. The lowest BCUT2D eigenvalue weighted by atomic mass is 9.96. The molecule has 1 atom stereocenters. The monoisotopic (exact) mass is 457 g/mol. The van der Waals surface area contributed by atoms with Crippen molar-refractivity contribution in [2.75, 3.05) is 24.4 Å². The maximum atomic E-state index is 13.1. The van der Waals surface area contributed by atoms with Crippen LogP contribution in [0.15, 0.2) is 53.4 Å². The van der Waals surface area contributed by atoms with Crippen LogP contribution >= 0.6 is 0 Å². The molecule has 32 heavy (non-hydrogen) atoms. The highest BCUT2D eigenvalue weighted by molar-refractivity contribution is 7.92. The Morgan fingerprint density at radius 3 is 2.53 bits per heavy atom. The van der Waals surface area contributed by atoms with Crippen molar-refractivity contribution in [1.82, 2.24) is 10.2 Å². The summed E-state index contributed by atoms with van der Waals surface area (Å²) in [5.74, 6) is -0.0834. The van der Waals surface area contributed by atoms with Crippen LogP contribution in [-0.2, 0) is 14.8 Å². The van der Waals surface area contributed by atoms with Crippen LogP contribution in [0.4, 0.5) is 5.69 Å². The van der Waals surface area contributed by atoms with E-state index in [0.29, 0.717) is 36.8 Å². The third-order valence-corrected chi connectivity index (χ3v) is 6.85. The predicted molar refractivity (Wildman–Crippen MR) is 125 cm³/mol. The van der Waals surface area contributed by atoms with Gasteiger partial charge in [-0.15, -0.1) is 0 Å². The fraction of sp³-hybridized carbons (Fsp3) is 0.417. The summed E-state index contributed by atoms with van der Waals surface area (Å²) in [7, 11) is -3.76. The number of carbonyl (C=O) groups excluding carboxylic acids is 2. The molecule has 0 saturated carbocycles. The Hall–Kier alpha value is -2.87. The van der Waals surface area contributed by atoms with E-state index >= 15 is 0 Å². The second kappa shape index (κ2) is 10.2. The van der Waals surface area contributed by atoms with Crippen molar-refractivity contribution in [3.8, 4) is 0 Å². The average Bonchev–Trinajstić information content (AvgIpc) is 2.77. The molecular formula is C24H31N3O4S. The van der Waals surface area contributed by atoms with Crippen molar-refractivity contribution in [1.29, 1.82) is 0 Å². The third-order valence-electron chi connectivity index (χ3n) is 5.46. The molecule has 0 radical (unpaired) electrons. The van der Waals surface area contributed by atoms with Gasteiger partial charge in [-0.2, -0.15) is 0 Å². The van der Waals surface area contributed by atoms with Crippen LogP contribution in [0.2, 0.25) is 0 Å². The number of likely N-dealkylation sites (tertiary alicyclic amines) is 1. The van der Waals surface area contributed by atoms with E-state index in [0.717, 1.165) is 18.4 Å². The maximum Gasteiger partial charge on any atom is 0.261 e. The first-order valence-electron chi connectivity index (χ1n) is 10.9. The van der Waals surface area contributed by atoms with Gasteiger partial charge >= 0.3 is 0 Å². The number of sulfonamides is 1. The number of hydrogen-bond donors (Lipinski definition) is 2. The first-order valence-corrected chi connectivity index (χ1v) is 12.4. The van der Waals surface area contributed by atoms with E-state index in [9.17, 15) is 18.0 Å². The van der Waals surface area contributed by atoms with E-state index in [4.69, 9.17) is 0 Å². The van der Waals surface area contributed by atoms with Crippen LogP contribution in [0.5, 0.6) is 0 Å². The number of anilines is 1. The van der Waals surface area contributed by atoms with Gasteiger partial charge < -0.3 is 10.2 Å². The van der Waals surface area contributed by atoms with Crippen molar-refractivity contribution in [2.24, 2.45) is 11.8 Å². The van der Waals surface area contributed by atoms with E-state index in [1.165, 1.54) is 6.07 Å². The summed E-state index contributed by atoms with van der Waals surface area (Å²) in [5.41, 5.74) is 1.67. The Balaban J connectivity index is 1.69. The molecule has 7 nitrogen and oxygen atoms in total. The van der Waals surface area contributed by atoms with Crippen LogP contribution in [0.3, 0.4) is 0 Å². The molecule has 2 aromatic carbocycles. The van der Waals surface area contributed by atoms with Crippen LogP contribution in [0.25, 0.3) is 0 Å². The number of nitrogens with zero attached hydrogens (tertiary/aromatic N) is 1. The minimum absolute atomic E-state index is 0.0178. The lowest BCUT2D eigenvalue weighted by Gasteiger charge is -2.32. The Morgan fingerprint density at radius 1 is 1.12 bits per heavy atom. The fourth-order valence-electron chi connectivity index (χ4n) is 3.65. The number of amides is 2. The highest BCUT2D eigenvalue weighted by Crippen LogP contribution is 2.22. The molecule has 2 N–H and O–H groups in total. The molecule has 1 aliphatic heterocycles. The maximum absolute atomic E-state index is 13.1. The minimum atomic E-state index is -3.76. The average molecular weight is 458 g/mol. The highest BCUT2D eigenvalue weighted by Gasteiger charge is 2.29. The van der Waals surface area contributed by atoms with E-state index in [-0.39, 0.29) is 22.6 Å². The first-order chi connectivity index (χ1) is 15.2. The van der Waals surface area contributed by atoms with Crippen LogP contribution < -0.4 is 10.0 Å². The number of rotatable bonds is 7. The van der Waals surface area contributed by atoms with E-state index in [1.807, 2.05) is 20.8 Å². The number of aryl methyl sites for hydroxylation is 1. The van der Waals surface area contributed by atoms with Gasteiger partial charge in [0.1, 0.15) is 0 Å². The van der Waals surface area contributed by atoms with Crippen molar-refractivity contribution in [2.45, 2.75) is 38.5 Å². The smallest absolute Gasteiger partial charge is 0.261 e. The fourth-order valence-corrected chi connectivity index (χ4v) is 4.70. The summed E-state index contributed by atoms with van der Waals surface area (Å²) in [6, 6.07) is 13.0. The second-order valence-electron chi connectivity index (χ2n) is 8.73. The third kappa shape index (κ3) is 6.09. The van der Waals surface area contributed by atoms with Crippen LogP contribution in [0, 0.1) is 18.8 Å². The molecule has 0 spiro atoms. The number of benzene rings is 2. The normalized spacial score (nSPS) is 16.6. The Kier molecular flexibility index (Phi) is 7.56. The molecule has 2 amide bonds. The Morgan fingerprint density at radius 2 is 1.84 bits per heavy atom.